The van der Waals surface area contributed by atoms with Crippen LogP contribution >= 0.6 is 11.8 Å². The van der Waals surface area contributed by atoms with Gasteiger partial charge in [0.2, 0.25) is 0 Å². The van der Waals surface area contributed by atoms with E-state index in [2.05, 4.69) is 6.07 Å². The molecule has 1 fully saturated rings. The molecule has 1 heterocycles. The molecule has 2 N–H and O–H groups in total. The van der Waals surface area contributed by atoms with Crippen molar-refractivity contribution in [3.63, 3.8) is 0 Å². The van der Waals surface area contributed by atoms with Crippen molar-refractivity contribution in [3.05, 3.63) is 29.8 Å². The Balaban J connectivity index is 2.05. The molecule has 1 aromatic rings. The second-order valence-corrected chi connectivity index (χ2v) is 5.80. The molecule has 1 saturated heterocycles. The molecule has 4 heteroatoms. The van der Waals surface area contributed by atoms with Gasteiger partial charge in [-0.2, -0.15) is 11.8 Å². The third-order valence-corrected chi connectivity index (χ3v) is 4.67. The fraction of sp³-hybridized carbons (Fsp3) is 0.571. The van der Waals surface area contributed by atoms with Crippen molar-refractivity contribution in [2.45, 2.75) is 24.1 Å². The molecule has 0 spiro atoms. The van der Waals surface area contributed by atoms with Crippen LogP contribution in [-0.4, -0.2) is 31.3 Å². The topological polar surface area (TPSA) is 44.5 Å². The number of hydrogen-bond donors (Lipinski definition) is 1. The summed E-state index contributed by atoms with van der Waals surface area (Å²) in [5, 5.41) is 0.525. The third-order valence-electron chi connectivity index (χ3n) is 3.19. The van der Waals surface area contributed by atoms with E-state index in [-0.39, 0.29) is 6.04 Å². The fourth-order valence-corrected chi connectivity index (χ4v) is 3.53. The predicted molar refractivity (Wildman–Crippen MR) is 76.2 cm³/mol. The number of ether oxygens (including phenoxy) is 2. The van der Waals surface area contributed by atoms with Gasteiger partial charge in [0.1, 0.15) is 12.4 Å². The van der Waals surface area contributed by atoms with E-state index in [0.717, 1.165) is 11.3 Å². The van der Waals surface area contributed by atoms with Crippen LogP contribution in [0.1, 0.15) is 24.4 Å². The molecule has 0 amide bonds. The first-order chi connectivity index (χ1) is 8.83. The summed E-state index contributed by atoms with van der Waals surface area (Å²) in [7, 11) is 1.68. The van der Waals surface area contributed by atoms with Gasteiger partial charge in [-0.3, -0.25) is 0 Å². The van der Waals surface area contributed by atoms with Gasteiger partial charge in [-0.15, -0.1) is 0 Å². The first-order valence-electron chi connectivity index (χ1n) is 6.41. The van der Waals surface area contributed by atoms with Gasteiger partial charge in [0.25, 0.3) is 0 Å². The van der Waals surface area contributed by atoms with E-state index in [1.807, 2.05) is 30.0 Å². The Morgan fingerprint density at radius 1 is 1.39 bits per heavy atom. The van der Waals surface area contributed by atoms with E-state index in [4.69, 9.17) is 15.2 Å². The summed E-state index contributed by atoms with van der Waals surface area (Å²) in [5.74, 6) is 2.12. The number of hydrogen-bond acceptors (Lipinski definition) is 4. The van der Waals surface area contributed by atoms with Crippen LogP contribution in [-0.2, 0) is 4.74 Å². The van der Waals surface area contributed by atoms with Gasteiger partial charge in [-0.05, 0) is 24.7 Å². The van der Waals surface area contributed by atoms with E-state index >= 15 is 0 Å². The van der Waals surface area contributed by atoms with E-state index < -0.39 is 0 Å². The SMILES string of the molecule is COCCOc1ccccc1C(N)C1CCCS1. The molecule has 2 rings (SSSR count). The van der Waals surface area contributed by atoms with Gasteiger partial charge in [0.15, 0.2) is 0 Å². The lowest BCUT2D eigenvalue weighted by atomic mass is 10.0. The molecule has 0 saturated carbocycles. The van der Waals surface area contributed by atoms with Crippen molar-refractivity contribution in [2.24, 2.45) is 5.73 Å². The molecule has 1 aliphatic rings. The molecule has 0 aliphatic carbocycles. The summed E-state index contributed by atoms with van der Waals surface area (Å²) in [6, 6.07) is 8.14. The number of thioether (sulfide) groups is 1. The second kappa shape index (κ2) is 7.02. The van der Waals surface area contributed by atoms with Crippen molar-refractivity contribution >= 4 is 11.8 Å². The Labute approximate surface area is 113 Å². The predicted octanol–water partition coefficient (Wildman–Crippen LogP) is 2.61. The molecule has 18 heavy (non-hydrogen) atoms. The maximum atomic E-state index is 6.37. The molecule has 0 radical (unpaired) electrons. The molecule has 0 aromatic heterocycles. The van der Waals surface area contributed by atoms with Gasteiger partial charge >= 0.3 is 0 Å². The lowest BCUT2D eigenvalue weighted by molar-refractivity contribution is 0.145. The highest BCUT2D eigenvalue weighted by Gasteiger charge is 2.25. The minimum atomic E-state index is 0.0660. The van der Waals surface area contributed by atoms with Gasteiger partial charge in [0, 0.05) is 24.0 Å². The molecule has 2 atom stereocenters. The van der Waals surface area contributed by atoms with Crippen molar-refractivity contribution in [1.29, 1.82) is 0 Å². The summed E-state index contributed by atoms with van der Waals surface area (Å²) in [4.78, 5) is 0. The van der Waals surface area contributed by atoms with Crippen LogP contribution in [0, 0.1) is 0 Å². The van der Waals surface area contributed by atoms with Crippen molar-refractivity contribution < 1.29 is 9.47 Å². The summed E-state index contributed by atoms with van der Waals surface area (Å²) in [6.07, 6.45) is 2.48. The monoisotopic (exact) mass is 267 g/mol. The molecule has 100 valence electrons. The number of rotatable bonds is 6. The average molecular weight is 267 g/mol. The lowest BCUT2D eigenvalue weighted by Gasteiger charge is -2.21. The van der Waals surface area contributed by atoms with Crippen LogP contribution in [0.25, 0.3) is 0 Å². The molecular weight excluding hydrogens is 246 g/mol. The third kappa shape index (κ3) is 3.40. The Kier molecular flexibility index (Phi) is 5.35. The highest BCUT2D eigenvalue weighted by molar-refractivity contribution is 8.00. The summed E-state index contributed by atoms with van der Waals surface area (Å²) in [6.45, 7) is 1.17. The molecule has 0 bridgehead atoms. The van der Waals surface area contributed by atoms with Crippen LogP contribution in [0.5, 0.6) is 5.75 Å². The van der Waals surface area contributed by atoms with Gasteiger partial charge in [0.05, 0.1) is 6.61 Å². The fourth-order valence-electron chi connectivity index (χ4n) is 2.21. The Morgan fingerprint density at radius 3 is 2.94 bits per heavy atom. The largest absolute Gasteiger partial charge is 0.491 e. The van der Waals surface area contributed by atoms with Crippen LogP contribution in [0.3, 0.4) is 0 Å². The summed E-state index contributed by atoms with van der Waals surface area (Å²) < 4.78 is 10.7. The molecule has 2 unspecified atom stereocenters. The van der Waals surface area contributed by atoms with Gasteiger partial charge in [-0.25, -0.2) is 0 Å². The number of benzene rings is 1. The minimum absolute atomic E-state index is 0.0660. The van der Waals surface area contributed by atoms with Crippen molar-refractivity contribution in [1.82, 2.24) is 0 Å². The molecule has 1 aliphatic heterocycles. The molecular formula is C14H21NO2S. The first-order valence-corrected chi connectivity index (χ1v) is 7.45. The average Bonchev–Trinajstić information content (AvgIpc) is 2.93. The van der Waals surface area contributed by atoms with E-state index in [1.54, 1.807) is 7.11 Å². The van der Waals surface area contributed by atoms with E-state index in [9.17, 15) is 0 Å². The van der Waals surface area contributed by atoms with Crippen LogP contribution < -0.4 is 10.5 Å². The van der Waals surface area contributed by atoms with E-state index in [1.165, 1.54) is 18.6 Å². The first kappa shape index (κ1) is 13.7. The van der Waals surface area contributed by atoms with Crippen LogP contribution in [0.2, 0.25) is 0 Å². The zero-order valence-corrected chi connectivity index (χ0v) is 11.6. The smallest absolute Gasteiger partial charge is 0.124 e. The number of nitrogens with two attached hydrogens (primary N) is 1. The van der Waals surface area contributed by atoms with Gasteiger partial charge < -0.3 is 15.2 Å². The normalized spacial score (nSPS) is 20.9. The Bertz CT molecular complexity index is 367. The Hall–Kier alpha value is -0.710. The van der Waals surface area contributed by atoms with E-state index in [0.29, 0.717) is 18.5 Å². The zero-order chi connectivity index (χ0) is 12.8. The van der Waals surface area contributed by atoms with Crippen LogP contribution in [0.4, 0.5) is 0 Å². The highest BCUT2D eigenvalue weighted by atomic mass is 32.2. The molecule has 3 nitrogen and oxygen atoms in total. The lowest BCUT2D eigenvalue weighted by Crippen LogP contribution is -2.22. The molecule has 1 aromatic carbocycles. The highest BCUT2D eigenvalue weighted by Crippen LogP contribution is 2.37. The summed E-state index contributed by atoms with van der Waals surface area (Å²) >= 11 is 1.98. The standard InChI is InChI=1S/C14H21NO2S/c1-16-8-9-17-12-6-3-2-5-11(12)14(15)13-7-4-10-18-13/h2-3,5-6,13-14H,4,7-10,15H2,1H3. The summed E-state index contributed by atoms with van der Waals surface area (Å²) in [5.41, 5.74) is 7.49. The van der Waals surface area contributed by atoms with Crippen molar-refractivity contribution in [3.8, 4) is 5.75 Å². The van der Waals surface area contributed by atoms with Crippen LogP contribution in [0.15, 0.2) is 24.3 Å². The number of methoxy groups -OCH3 is 1. The van der Waals surface area contributed by atoms with Gasteiger partial charge in [-0.1, -0.05) is 18.2 Å². The maximum Gasteiger partial charge on any atom is 0.124 e. The second-order valence-electron chi connectivity index (χ2n) is 4.46. The number of para-hydroxylation sites is 1. The van der Waals surface area contributed by atoms with Crippen molar-refractivity contribution in [2.75, 3.05) is 26.1 Å². The quantitative estimate of drug-likeness (QED) is 0.805. The Morgan fingerprint density at radius 2 is 2.22 bits per heavy atom. The minimum Gasteiger partial charge on any atom is -0.491 e. The maximum absolute atomic E-state index is 6.37. The zero-order valence-electron chi connectivity index (χ0n) is 10.8.